The molecular formula is C27H31F2N3O3. The first-order valence-corrected chi connectivity index (χ1v) is 11.8. The molecule has 1 fully saturated rings. The van der Waals surface area contributed by atoms with Crippen LogP contribution in [0, 0.1) is 17.6 Å². The van der Waals surface area contributed by atoms with Crippen LogP contribution < -0.4 is 4.74 Å². The number of aliphatic hydroxyl groups is 1. The molecule has 186 valence electrons. The second-order valence-corrected chi connectivity index (χ2v) is 8.92. The van der Waals surface area contributed by atoms with Gasteiger partial charge >= 0.3 is 0 Å². The summed E-state index contributed by atoms with van der Waals surface area (Å²) in [5.74, 6) is -0.599. The Morgan fingerprint density at radius 1 is 1.23 bits per heavy atom. The predicted octanol–water partition coefficient (Wildman–Crippen LogP) is 4.93. The molecule has 0 spiro atoms. The summed E-state index contributed by atoms with van der Waals surface area (Å²) in [6, 6.07) is 12.9. The number of hydrogen-bond acceptors (Lipinski definition) is 5. The van der Waals surface area contributed by atoms with Crippen molar-refractivity contribution >= 4 is 0 Å². The fourth-order valence-electron chi connectivity index (χ4n) is 4.04. The SMILES string of the molecule is C=CCOC[C@@H](O)CN(Cc1c(-c2ccccc2)nn(C)c1Oc1ccc(F)cc1F)CC1CC1. The number of ether oxygens (including phenoxy) is 2. The molecule has 1 heterocycles. The standard InChI is InChI=1S/C27H31F2N3O3/c1-3-13-34-18-22(33)16-32(15-19-9-10-19)17-23-26(20-7-5-4-6-8-20)30-31(2)27(23)35-25-12-11-21(28)14-24(25)29/h3-8,11-12,14,19,22,33H,1,9-10,13,15-18H2,2H3/t22-/m0/s1. The van der Waals surface area contributed by atoms with E-state index in [-0.39, 0.29) is 12.4 Å². The Morgan fingerprint density at radius 2 is 2.00 bits per heavy atom. The molecule has 2 aromatic carbocycles. The minimum atomic E-state index is -0.789. The lowest BCUT2D eigenvalue weighted by molar-refractivity contribution is 0.0235. The van der Waals surface area contributed by atoms with Crippen molar-refractivity contribution in [3.8, 4) is 22.9 Å². The van der Waals surface area contributed by atoms with E-state index >= 15 is 0 Å². The summed E-state index contributed by atoms with van der Waals surface area (Å²) in [7, 11) is 1.73. The first kappa shape index (κ1) is 25.0. The van der Waals surface area contributed by atoms with Crippen molar-refractivity contribution in [2.24, 2.45) is 13.0 Å². The van der Waals surface area contributed by atoms with E-state index in [9.17, 15) is 13.9 Å². The molecular weight excluding hydrogens is 452 g/mol. The molecule has 0 radical (unpaired) electrons. The molecule has 1 N–H and O–H groups in total. The van der Waals surface area contributed by atoms with Gasteiger partial charge in [-0.05, 0) is 30.9 Å². The molecule has 0 amide bonds. The van der Waals surface area contributed by atoms with Crippen LogP contribution in [0.25, 0.3) is 11.3 Å². The molecule has 0 unspecified atom stereocenters. The van der Waals surface area contributed by atoms with Crippen molar-refractivity contribution in [1.82, 2.24) is 14.7 Å². The van der Waals surface area contributed by atoms with Crippen molar-refractivity contribution in [3.63, 3.8) is 0 Å². The molecule has 6 nitrogen and oxygen atoms in total. The fourth-order valence-corrected chi connectivity index (χ4v) is 4.04. The topological polar surface area (TPSA) is 59.8 Å². The van der Waals surface area contributed by atoms with Crippen molar-refractivity contribution in [2.45, 2.75) is 25.5 Å². The third-order valence-corrected chi connectivity index (χ3v) is 5.85. The number of halogens is 2. The lowest BCUT2D eigenvalue weighted by Gasteiger charge is -2.25. The Balaban J connectivity index is 1.66. The van der Waals surface area contributed by atoms with E-state index in [1.807, 2.05) is 30.3 Å². The highest BCUT2D eigenvalue weighted by atomic mass is 19.1. The molecule has 3 aromatic rings. The van der Waals surface area contributed by atoms with Crippen LogP contribution >= 0.6 is 0 Å². The van der Waals surface area contributed by atoms with Gasteiger partial charge in [0, 0.05) is 38.3 Å². The third-order valence-electron chi connectivity index (χ3n) is 5.85. The summed E-state index contributed by atoms with van der Waals surface area (Å²) >= 11 is 0. The molecule has 35 heavy (non-hydrogen) atoms. The van der Waals surface area contributed by atoms with E-state index in [1.54, 1.807) is 17.8 Å². The number of hydrogen-bond donors (Lipinski definition) is 1. The number of benzene rings is 2. The van der Waals surface area contributed by atoms with Crippen molar-refractivity contribution in [3.05, 3.63) is 78.4 Å². The molecule has 8 heteroatoms. The Morgan fingerprint density at radius 3 is 2.69 bits per heavy atom. The van der Waals surface area contributed by atoms with Crippen molar-refractivity contribution in [1.29, 1.82) is 0 Å². The summed E-state index contributed by atoms with van der Waals surface area (Å²) < 4.78 is 40.8. The summed E-state index contributed by atoms with van der Waals surface area (Å²) in [6.07, 6.45) is 3.28. The predicted molar refractivity (Wildman–Crippen MR) is 130 cm³/mol. The molecule has 1 aromatic heterocycles. The second kappa shape index (κ2) is 11.6. The second-order valence-electron chi connectivity index (χ2n) is 8.92. The van der Waals surface area contributed by atoms with Gasteiger partial charge in [0.1, 0.15) is 11.5 Å². The first-order valence-electron chi connectivity index (χ1n) is 11.8. The van der Waals surface area contributed by atoms with Gasteiger partial charge < -0.3 is 14.6 Å². The summed E-state index contributed by atoms with van der Waals surface area (Å²) in [6.45, 7) is 5.86. The van der Waals surface area contributed by atoms with Crippen LogP contribution in [0.5, 0.6) is 11.6 Å². The zero-order chi connectivity index (χ0) is 24.8. The van der Waals surface area contributed by atoms with Crippen molar-refractivity contribution in [2.75, 3.05) is 26.3 Å². The van der Waals surface area contributed by atoms with Gasteiger partial charge in [-0.25, -0.2) is 13.5 Å². The van der Waals surface area contributed by atoms with Gasteiger partial charge in [-0.1, -0.05) is 36.4 Å². The molecule has 1 saturated carbocycles. The van der Waals surface area contributed by atoms with Gasteiger partial charge in [-0.3, -0.25) is 4.90 Å². The Hall–Kier alpha value is -3.07. The minimum absolute atomic E-state index is 0.0816. The molecule has 0 aliphatic heterocycles. The van der Waals surface area contributed by atoms with Crippen LogP contribution in [-0.4, -0.2) is 52.2 Å². The molecule has 0 saturated heterocycles. The molecule has 0 bridgehead atoms. The van der Waals surface area contributed by atoms with Crippen LogP contribution in [0.1, 0.15) is 18.4 Å². The zero-order valence-corrected chi connectivity index (χ0v) is 19.9. The number of aryl methyl sites for hydroxylation is 1. The van der Waals surface area contributed by atoms with Gasteiger partial charge in [0.2, 0.25) is 5.88 Å². The third kappa shape index (κ3) is 6.75. The maximum absolute atomic E-state index is 14.4. The van der Waals surface area contributed by atoms with E-state index in [0.29, 0.717) is 37.2 Å². The maximum Gasteiger partial charge on any atom is 0.222 e. The first-order chi connectivity index (χ1) is 16.9. The largest absolute Gasteiger partial charge is 0.436 e. The van der Waals surface area contributed by atoms with Gasteiger partial charge in [-0.15, -0.1) is 6.58 Å². The highest BCUT2D eigenvalue weighted by molar-refractivity contribution is 5.65. The van der Waals surface area contributed by atoms with E-state index < -0.39 is 17.7 Å². The van der Waals surface area contributed by atoms with Crippen LogP contribution in [0.3, 0.4) is 0 Å². The zero-order valence-electron chi connectivity index (χ0n) is 19.9. The molecule has 1 atom stereocenters. The maximum atomic E-state index is 14.4. The lowest BCUT2D eigenvalue weighted by Crippen LogP contribution is -2.36. The average Bonchev–Trinajstić information content (AvgIpc) is 3.60. The van der Waals surface area contributed by atoms with Crippen LogP contribution in [-0.2, 0) is 18.3 Å². The van der Waals surface area contributed by atoms with Crippen LogP contribution in [0.4, 0.5) is 8.78 Å². The normalized spacial score (nSPS) is 14.3. The highest BCUT2D eigenvalue weighted by Gasteiger charge is 2.29. The van der Waals surface area contributed by atoms with Gasteiger partial charge in [-0.2, -0.15) is 5.10 Å². The smallest absolute Gasteiger partial charge is 0.222 e. The Bertz CT molecular complexity index is 1130. The fraction of sp³-hybridized carbons (Fsp3) is 0.370. The summed E-state index contributed by atoms with van der Waals surface area (Å²) in [5.41, 5.74) is 2.37. The molecule has 1 aliphatic carbocycles. The van der Waals surface area contributed by atoms with E-state index in [2.05, 4.69) is 16.6 Å². The lowest BCUT2D eigenvalue weighted by atomic mass is 10.1. The van der Waals surface area contributed by atoms with Gasteiger partial charge in [0.25, 0.3) is 0 Å². The summed E-state index contributed by atoms with van der Waals surface area (Å²) in [4.78, 5) is 2.16. The van der Waals surface area contributed by atoms with E-state index in [0.717, 1.165) is 42.6 Å². The highest BCUT2D eigenvalue weighted by Crippen LogP contribution is 2.36. The number of rotatable bonds is 13. The Labute approximate surface area is 204 Å². The van der Waals surface area contributed by atoms with Crippen LogP contribution in [0.15, 0.2) is 61.2 Å². The van der Waals surface area contributed by atoms with E-state index in [1.165, 1.54) is 6.07 Å². The average molecular weight is 484 g/mol. The monoisotopic (exact) mass is 483 g/mol. The Kier molecular flexibility index (Phi) is 8.28. The van der Waals surface area contributed by atoms with Gasteiger partial charge in [0.15, 0.2) is 11.6 Å². The molecule has 4 rings (SSSR count). The quantitative estimate of drug-likeness (QED) is 0.276. The van der Waals surface area contributed by atoms with Crippen LogP contribution in [0.2, 0.25) is 0 Å². The van der Waals surface area contributed by atoms with Crippen molar-refractivity contribution < 1.29 is 23.4 Å². The number of aromatic nitrogens is 2. The van der Waals surface area contributed by atoms with Gasteiger partial charge in [0.05, 0.1) is 24.9 Å². The number of aliphatic hydroxyl groups excluding tert-OH is 1. The number of nitrogens with zero attached hydrogens (tertiary/aromatic N) is 3. The molecule has 1 aliphatic rings. The minimum Gasteiger partial charge on any atom is -0.436 e. The summed E-state index contributed by atoms with van der Waals surface area (Å²) in [5, 5.41) is 15.3. The van der Waals surface area contributed by atoms with E-state index in [4.69, 9.17) is 9.47 Å².